The van der Waals surface area contributed by atoms with E-state index >= 15 is 0 Å². The second kappa shape index (κ2) is 5.23. The average Bonchev–Trinajstić information content (AvgIpc) is 3.15. The van der Waals surface area contributed by atoms with Gasteiger partial charge in [0.1, 0.15) is 0 Å². The van der Waals surface area contributed by atoms with Crippen LogP contribution in [-0.2, 0) is 4.74 Å². The van der Waals surface area contributed by atoms with Crippen LogP contribution in [-0.4, -0.2) is 53.5 Å². The predicted octanol–water partition coefficient (Wildman–Crippen LogP) is 3.50. The molecule has 0 aliphatic carbocycles. The van der Waals surface area contributed by atoms with E-state index in [2.05, 4.69) is 4.74 Å². The highest BCUT2D eigenvalue weighted by molar-refractivity contribution is 5.18. The summed E-state index contributed by atoms with van der Waals surface area (Å²) in [5.74, 6) is -32.6. The molecule has 2 nitrogen and oxygen atoms in total. The lowest BCUT2D eigenvalue weighted by Gasteiger charge is -2.39. The average molecular weight is 364 g/mol. The van der Waals surface area contributed by atoms with E-state index in [0.717, 1.165) is 0 Å². The third-order valence-corrected chi connectivity index (χ3v) is 3.28. The molecule has 1 atom stereocenters. The van der Waals surface area contributed by atoms with Crippen molar-refractivity contribution in [3.05, 3.63) is 12.2 Å². The van der Waals surface area contributed by atoms with Crippen LogP contribution in [0.3, 0.4) is 0 Å². The molecule has 1 heterocycles. The van der Waals surface area contributed by atoms with Gasteiger partial charge in [-0.1, -0.05) is 6.08 Å². The van der Waals surface area contributed by atoms with Gasteiger partial charge in [0.15, 0.2) is 5.60 Å². The fraction of sp³-hybridized carbons (Fsp3) is 0.818. The topological polar surface area (TPSA) is 32.8 Å². The lowest BCUT2D eigenvalue weighted by atomic mass is 9.88. The Bertz CT molecular complexity index is 481. The van der Waals surface area contributed by atoms with Gasteiger partial charge >= 0.3 is 29.6 Å². The fourth-order valence-corrected chi connectivity index (χ4v) is 1.53. The van der Waals surface area contributed by atoms with Gasteiger partial charge in [0, 0.05) is 0 Å². The second-order valence-corrected chi connectivity index (χ2v) is 5.03. The number of epoxide rings is 1. The third-order valence-electron chi connectivity index (χ3n) is 3.28. The van der Waals surface area contributed by atoms with E-state index in [-0.39, 0.29) is 13.0 Å². The van der Waals surface area contributed by atoms with E-state index < -0.39 is 54.5 Å². The number of alkyl halides is 10. The molecule has 1 N–H and O–H groups in total. The highest BCUT2D eigenvalue weighted by atomic mass is 19.4. The molecule has 0 amide bonds. The summed E-state index contributed by atoms with van der Waals surface area (Å²) in [5.41, 5.74) is -3.17. The van der Waals surface area contributed by atoms with E-state index in [4.69, 9.17) is 5.11 Å². The van der Waals surface area contributed by atoms with E-state index in [9.17, 15) is 43.9 Å². The first-order valence-electron chi connectivity index (χ1n) is 5.83. The highest BCUT2D eigenvalue weighted by Gasteiger charge is 2.89. The fourth-order valence-electron chi connectivity index (χ4n) is 1.53. The zero-order valence-electron chi connectivity index (χ0n) is 11.2. The van der Waals surface area contributed by atoms with Crippen LogP contribution in [0.5, 0.6) is 0 Å². The Balaban J connectivity index is 3.35. The molecule has 1 aliphatic heterocycles. The van der Waals surface area contributed by atoms with Gasteiger partial charge in [0.05, 0.1) is 13.2 Å². The first-order valence-corrected chi connectivity index (χ1v) is 5.83. The molecular formula is C11H10F10O2. The molecule has 0 aromatic rings. The molecule has 0 aromatic heterocycles. The van der Waals surface area contributed by atoms with Crippen LogP contribution in [0.15, 0.2) is 12.2 Å². The van der Waals surface area contributed by atoms with E-state index in [1.54, 1.807) is 0 Å². The Morgan fingerprint density at radius 1 is 0.913 bits per heavy atom. The molecule has 0 bridgehead atoms. The monoisotopic (exact) mass is 364 g/mol. The quantitative estimate of drug-likeness (QED) is 0.426. The molecule has 1 saturated heterocycles. The van der Waals surface area contributed by atoms with Crippen molar-refractivity contribution >= 4 is 0 Å². The largest absolute Gasteiger partial charge is 0.392 e. The number of aliphatic hydroxyl groups excluding tert-OH is 1. The van der Waals surface area contributed by atoms with E-state index in [1.807, 2.05) is 0 Å². The Morgan fingerprint density at radius 3 is 1.70 bits per heavy atom. The van der Waals surface area contributed by atoms with Crippen molar-refractivity contribution in [3.63, 3.8) is 0 Å². The highest BCUT2D eigenvalue weighted by Crippen LogP contribution is 2.61. The number of allylic oxidation sites excluding steroid dienone is 1. The number of hydrogen-bond acceptors (Lipinski definition) is 2. The van der Waals surface area contributed by atoms with Gasteiger partial charge in [-0.25, -0.2) is 0 Å². The molecule has 12 heteroatoms. The molecule has 1 unspecified atom stereocenters. The summed E-state index contributed by atoms with van der Waals surface area (Å²) in [7, 11) is 0. The number of rotatable bonds is 7. The smallest absolute Gasteiger partial charge is 0.384 e. The normalized spacial score (nSPS) is 24.3. The van der Waals surface area contributed by atoms with Gasteiger partial charge in [0.25, 0.3) is 0 Å². The number of halogens is 10. The van der Waals surface area contributed by atoms with Gasteiger partial charge < -0.3 is 9.84 Å². The van der Waals surface area contributed by atoms with Crippen molar-refractivity contribution in [1.82, 2.24) is 0 Å². The van der Waals surface area contributed by atoms with Gasteiger partial charge in [-0.05, 0) is 13.0 Å². The summed E-state index contributed by atoms with van der Waals surface area (Å²) in [4.78, 5) is 0. The number of hydrogen-bond donors (Lipinski definition) is 1. The number of aliphatic hydroxyl groups is 1. The molecule has 0 saturated carbocycles. The lowest BCUT2D eigenvalue weighted by Crippen LogP contribution is -2.69. The van der Waals surface area contributed by atoms with Crippen LogP contribution in [0.1, 0.15) is 6.92 Å². The first-order chi connectivity index (χ1) is 10.0. The van der Waals surface area contributed by atoms with Crippen LogP contribution in [0, 0.1) is 0 Å². The molecule has 0 aromatic carbocycles. The van der Waals surface area contributed by atoms with E-state index in [1.165, 1.54) is 0 Å². The predicted molar refractivity (Wildman–Crippen MR) is 55.3 cm³/mol. The molecule has 1 aliphatic rings. The van der Waals surface area contributed by atoms with Crippen molar-refractivity contribution in [2.75, 3.05) is 13.2 Å². The van der Waals surface area contributed by atoms with Crippen molar-refractivity contribution in [2.24, 2.45) is 0 Å². The molecular weight excluding hydrogens is 354 g/mol. The van der Waals surface area contributed by atoms with Crippen molar-refractivity contribution < 1.29 is 53.7 Å². The zero-order valence-corrected chi connectivity index (χ0v) is 11.2. The van der Waals surface area contributed by atoms with Gasteiger partial charge in [-0.3, -0.25) is 0 Å². The second-order valence-electron chi connectivity index (χ2n) is 5.03. The minimum Gasteiger partial charge on any atom is -0.392 e. The maximum absolute atomic E-state index is 13.4. The van der Waals surface area contributed by atoms with Crippen LogP contribution < -0.4 is 0 Å². The minimum absolute atomic E-state index is 0.119. The molecule has 23 heavy (non-hydrogen) atoms. The zero-order chi connectivity index (χ0) is 18.5. The molecule has 136 valence electrons. The summed E-state index contributed by atoms with van der Waals surface area (Å²) in [6.07, 6.45) is -1.09. The van der Waals surface area contributed by atoms with Crippen molar-refractivity contribution in [1.29, 1.82) is 0 Å². The van der Waals surface area contributed by atoms with E-state index in [0.29, 0.717) is 0 Å². The molecule has 1 rings (SSSR count). The van der Waals surface area contributed by atoms with Crippen LogP contribution in [0.2, 0.25) is 0 Å². The molecule has 0 radical (unpaired) electrons. The molecule has 1 fully saturated rings. The van der Waals surface area contributed by atoms with Crippen LogP contribution in [0.25, 0.3) is 0 Å². The Morgan fingerprint density at radius 2 is 1.35 bits per heavy atom. The lowest BCUT2D eigenvalue weighted by molar-refractivity contribution is -0.401. The standard InChI is InChI=1S/C11H10F10O2/c1-6(5-23-6)8(14,15)10(18,19)11(20,21)9(16,17)7(12,13)3-2-4-22/h2-3,22H,4-5H2,1H3/b3-2+. The van der Waals surface area contributed by atoms with Crippen LogP contribution in [0.4, 0.5) is 43.9 Å². The summed E-state index contributed by atoms with van der Waals surface area (Å²) in [6, 6.07) is 0. The maximum atomic E-state index is 13.4. The molecule has 0 spiro atoms. The van der Waals surface area contributed by atoms with Gasteiger partial charge in [-0.15, -0.1) is 0 Å². The van der Waals surface area contributed by atoms with Gasteiger partial charge in [0.2, 0.25) is 0 Å². The summed E-state index contributed by atoms with van der Waals surface area (Å²) in [6.45, 7) is -2.19. The van der Waals surface area contributed by atoms with Crippen molar-refractivity contribution in [3.8, 4) is 0 Å². The summed E-state index contributed by atoms with van der Waals surface area (Å²) in [5, 5.41) is 8.16. The van der Waals surface area contributed by atoms with Crippen LogP contribution >= 0.6 is 0 Å². The van der Waals surface area contributed by atoms with Gasteiger partial charge in [-0.2, -0.15) is 43.9 Å². The first kappa shape index (κ1) is 20.0. The minimum atomic E-state index is -7.12. The Labute approximate surface area is 122 Å². The Kier molecular flexibility index (Phi) is 4.55. The number of ether oxygens (including phenoxy) is 1. The van der Waals surface area contributed by atoms with Crippen molar-refractivity contribution in [2.45, 2.75) is 42.1 Å². The Hall–Kier alpha value is -1.04. The summed E-state index contributed by atoms with van der Waals surface area (Å²) < 4.78 is 137. The third kappa shape index (κ3) is 2.59. The summed E-state index contributed by atoms with van der Waals surface area (Å²) >= 11 is 0. The maximum Gasteiger partial charge on any atom is 0.384 e. The SMILES string of the molecule is CC1(C(F)(F)C(F)(F)C(F)(F)C(F)(F)C(F)(F)/C=C/CO)CO1.